The monoisotopic (exact) mass is 399 g/mol. The summed E-state index contributed by atoms with van der Waals surface area (Å²) >= 11 is 0. The Labute approximate surface area is 173 Å². The highest BCUT2D eigenvalue weighted by Crippen LogP contribution is 2.36. The Bertz CT molecular complexity index is 1240. The van der Waals surface area contributed by atoms with E-state index in [9.17, 15) is 4.79 Å². The lowest BCUT2D eigenvalue weighted by molar-refractivity contribution is 0.0950. The Kier molecular flexibility index (Phi) is 5.17. The van der Waals surface area contributed by atoms with Crippen LogP contribution in [0.1, 0.15) is 23.0 Å². The number of hydrogen-bond donors (Lipinski definition) is 3. The minimum Gasteiger partial charge on any atom is -0.496 e. The number of rotatable bonds is 5. The third-order valence-electron chi connectivity index (χ3n) is 4.84. The van der Waals surface area contributed by atoms with Gasteiger partial charge in [0.1, 0.15) is 11.4 Å². The zero-order chi connectivity index (χ0) is 21.1. The molecular formula is C23H21N5O2. The number of carbonyl (C=O) groups excluding carboxylic acids is 1. The molecule has 3 aromatic carbocycles. The zero-order valence-electron chi connectivity index (χ0n) is 16.6. The molecule has 0 saturated carbocycles. The summed E-state index contributed by atoms with van der Waals surface area (Å²) in [6.45, 7) is 1.81. The molecule has 7 heteroatoms. The molecule has 4 N–H and O–H groups in total. The number of nitrogens with one attached hydrogen (secondary N) is 2. The first-order valence-corrected chi connectivity index (χ1v) is 9.39. The predicted molar refractivity (Wildman–Crippen MR) is 119 cm³/mol. The van der Waals surface area contributed by atoms with Crippen LogP contribution in [0.3, 0.4) is 0 Å². The summed E-state index contributed by atoms with van der Waals surface area (Å²) in [6, 6.07) is 20.8. The highest BCUT2D eigenvalue weighted by atomic mass is 16.5. The molecule has 1 amide bonds. The van der Waals surface area contributed by atoms with Crippen molar-refractivity contribution in [2.75, 3.05) is 12.8 Å². The molecule has 0 atom stereocenters. The fourth-order valence-electron chi connectivity index (χ4n) is 3.24. The van der Waals surface area contributed by atoms with E-state index in [-0.39, 0.29) is 5.91 Å². The smallest absolute Gasteiger partial charge is 0.289 e. The van der Waals surface area contributed by atoms with Gasteiger partial charge < -0.3 is 10.5 Å². The number of nitrogens with two attached hydrogens (primary N) is 1. The maximum Gasteiger partial charge on any atom is 0.289 e. The molecule has 0 aliphatic heterocycles. The van der Waals surface area contributed by atoms with Crippen molar-refractivity contribution < 1.29 is 9.53 Å². The van der Waals surface area contributed by atoms with Gasteiger partial charge in [-0.3, -0.25) is 9.89 Å². The second-order valence-electron chi connectivity index (χ2n) is 6.79. The van der Waals surface area contributed by atoms with Crippen molar-refractivity contribution in [1.29, 1.82) is 0 Å². The van der Waals surface area contributed by atoms with E-state index in [1.807, 2.05) is 55.5 Å². The maximum absolute atomic E-state index is 12.6. The molecule has 0 unspecified atom stereocenters. The number of nitrogen functional groups attached to an aromatic ring is 1. The van der Waals surface area contributed by atoms with Crippen molar-refractivity contribution in [3.05, 3.63) is 78.0 Å². The molecule has 1 aromatic heterocycles. The Balaban J connectivity index is 1.60. The van der Waals surface area contributed by atoms with Crippen LogP contribution in [0.5, 0.6) is 5.75 Å². The van der Waals surface area contributed by atoms with E-state index in [2.05, 4.69) is 20.7 Å². The van der Waals surface area contributed by atoms with Gasteiger partial charge in [0.05, 0.1) is 24.1 Å². The Morgan fingerprint density at radius 2 is 1.87 bits per heavy atom. The molecule has 1 heterocycles. The van der Waals surface area contributed by atoms with Gasteiger partial charge in [-0.2, -0.15) is 10.2 Å². The van der Waals surface area contributed by atoms with Crippen molar-refractivity contribution in [1.82, 2.24) is 15.6 Å². The van der Waals surface area contributed by atoms with Crippen LogP contribution in [-0.4, -0.2) is 28.9 Å². The van der Waals surface area contributed by atoms with Gasteiger partial charge in [0.25, 0.3) is 5.91 Å². The molecule has 0 aliphatic rings. The molecule has 30 heavy (non-hydrogen) atoms. The topological polar surface area (TPSA) is 105 Å². The Morgan fingerprint density at radius 3 is 2.63 bits per heavy atom. The molecular weight excluding hydrogens is 378 g/mol. The number of ether oxygens (including phenoxy) is 1. The number of methoxy groups -OCH3 is 1. The van der Waals surface area contributed by atoms with Crippen LogP contribution in [0.25, 0.3) is 22.0 Å². The van der Waals surface area contributed by atoms with E-state index >= 15 is 0 Å². The normalized spacial score (nSPS) is 11.5. The number of carbonyl (C=O) groups is 1. The molecule has 0 bridgehead atoms. The van der Waals surface area contributed by atoms with Crippen molar-refractivity contribution >= 4 is 28.1 Å². The van der Waals surface area contributed by atoms with Gasteiger partial charge >= 0.3 is 0 Å². The quantitative estimate of drug-likeness (QED) is 0.268. The van der Waals surface area contributed by atoms with Gasteiger partial charge in [-0.25, -0.2) is 5.43 Å². The largest absolute Gasteiger partial charge is 0.496 e. The summed E-state index contributed by atoms with van der Waals surface area (Å²) in [5.41, 5.74) is 12.2. The van der Waals surface area contributed by atoms with E-state index in [4.69, 9.17) is 10.5 Å². The molecule has 150 valence electrons. The lowest BCUT2D eigenvalue weighted by atomic mass is 10.0. The number of hydrazone groups is 1. The number of nitrogens with zero attached hydrogens (tertiary/aromatic N) is 2. The van der Waals surface area contributed by atoms with Crippen LogP contribution >= 0.6 is 0 Å². The number of H-pyrrole nitrogens is 1. The highest BCUT2D eigenvalue weighted by Gasteiger charge is 2.16. The molecule has 0 spiro atoms. The van der Waals surface area contributed by atoms with E-state index in [0.29, 0.717) is 28.5 Å². The molecule has 0 saturated heterocycles. The van der Waals surface area contributed by atoms with Crippen molar-refractivity contribution in [3.8, 4) is 17.0 Å². The molecule has 0 fully saturated rings. The predicted octanol–water partition coefficient (Wildman–Crippen LogP) is 3.97. The third kappa shape index (κ3) is 3.73. The number of aromatic amines is 1. The lowest BCUT2D eigenvalue weighted by Crippen LogP contribution is -2.19. The number of fused-ring (bicyclic) bond motifs is 1. The molecule has 4 rings (SSSR count). The standard InChI is InChI=1S/C23H21N5O2/c1-14(15-7-10-17(24)11-8-15)25-28-23(29)20-13-19(26-27-20)22-18-6-4-3-5-16(18)9-12-21(22)30-2/h3-13H,24H2,1-2H3,(H,26,27)(H,28,29)/b25-14-. The summed E-state index contributed by atoms with van der Waals surface area (Å²) in [5, 5.41) is 13.3. The van der Waals surface area contributed by atoms with Gasteiger partial charge in [-0.05, 0) is 47.5 Å². The number of anilines is 1. The number of aromatic nitrogens is 2. The van der Waals surface area contributed by atoms with Gasteiger partial charge in [-0.15, -0.1) is 0 Å². The molecule has 7 nitrogen and oxygen atoms in total. The summed E-state index contributed by atoms with van der Waals surface area (Å²) in [5.74, 6) is 0.298. The van der Waals surface area contributed by atoms with Crippen LogP contribution in [-0.2, 0) is 0 Å². The third-order valence-corrected chi connectivity index (χ3v) is 4.84. The van der Waals surface area contributed by atoms with Crippen LogP contribution in [0.15, 0.2) is 71.8 Å². The van der Waals surface area contributed by atoms with E-state index < -0.39 is 0 Å². The molecule has 4 aromatic rings. The van der Waals surface area contributed by atoms with Gasteiger partial charge in [-0.1, -0.05) is 42.5 Å². The van der Waals surface area contributed by atoms with Gasteiger partial charge in [0.15, 0.2) is 0 Å². The minimum atomic E-state index is -0.386. The highest BCUT2D eigenvalue weighted by molar-refractivity contribution is 6.02. The van der Waals surface area contributed by atoms with Crippen molar-refractivity contribution in [2.45, 2.75) is 6.92 Å². The summed E-state index contributed by atoms with van der Waals surface area (Å²) in [4.78, 5) is 12.6. The van der Waals surface area contributed by atoms with E-state index in [0.717, 1.165) is 21.9 Å². The van der Waals surface area contributed by atoms with E-state index in [1.165, 1.54) is 0 Å². The zero-order valence-corrected chi connectivity index (χ0v) is 16.6. The summed E-state index contributed by atoms with van der Waals surface area (Å²) < 4.78 is 5.53. The average Bonchev–Trinajstić information content (AvgIpc) is 3.26. The second-order valence-corrected chi connectivity index (χ2v) is 6.79. The van der Waals surface area contributed by atoms with Crippen LogP contribution in [0.4, 0.5) is 5.69 Å². The molecule has 0 aliphatic carbocycles. The summed E-state index contributed by atoms with van der Waals surface area (Å²) in [7, 11) is 1.61. The maximum atomic E-state index is 12.6. The Morgan fingerprint density at radius 1 is 1.10 bits per heavy atom. The number of amides is 1. The van der Waals surface area contributed by atoms with Gasteiger partial charge in [0, 0.05) is 5.69 Å². The SMILES string of the molecule is COc1ccc2ccccc2c1-c1cc(C(=O)N/N=C(/C)c2ccc(N)cc2)[nH]n1. The fraction of sp³-hybridized carbons (Fsp3) is 0.0870. The van der Waals surface area contributed by atoms with E-state index in [1.54, 1.807) is 25.3 Å². The summed E-state index contributed by atoms with van der Waals surface area (Å²) in [6.07, 6.45) is 0. The first-order valence-electron chi connectivity index (χ1n) is 9.39. The fourth-order valence-corrected chi connectivity index (χ4v) is 3.24. The second kappa shape index (κ2) is 8.08. The van der Waals surface area contributed by atoms with Crippen LogP contribution in [0.2, 0.25) is 0 Å². The minimum absolute atomic E-state index is 0.300. The average molecular weight is 399 g/mol. The first kappa shape index (κ1) is 19.2. The first-order chi connectivity index (χ1) is 14.6. The number of hydrogen-bond acceptors (Lipinski definition) is 5. The van der Waals surface area contributed by atoms with Crippen LogP contribution < -0.4 is 15.9 Å². The van der Waals surface area contributed by atoms with Gasteiger partial charge in [0.2, 0.25) is 0 Å². The van der Waals surface area contributed by atoms with Crippen LogP contribution in [0, 0.1) is 0 Å². The Hall–Kier alpha value is -4.13. The number of benzene rings is 3. The van der Waals surface area contributed by atoms with Crippen molar-refractivity contribution in [2.24, 2.45) is 5.10 Å². The lowest BCUT2D eigenvalue weighted by Gasteiger charge is -2.09. The van der Waals surface area contributed by atoms with Crippen molar-refractivity contribution in [3.63, 3.8) is 0 Å². The molecule has 0 radical (unpaired) electrons.